The number of amides is 1. The Kier molecular flexibility index (Phi) is 36.0. The van der Waals surface area contributed by atoms with Crippen molar-refractivity contribution in [2.45, 2.75) is 34.6 Å². The highest BCUT2D eigenvalue weighted by Crippen LogP contribution is 2.34. The SMILES string of the molecule is CN(C)C=O.COc1cc(/C=c2\sc3nc(/C=C/c4cccs4)nn3c2=O)ccc1OC(C)=O.COc1cc(/C=c2\sc3nc(/C=C/c4cccs4)nn3c2=O)ccc1OC(C)=O.COc1cc(/C=c2\sc3nc(/C=C/c4cccs4)nn3c2=O)ccc1OC(C)=O.COc1cc(/C=c2\sc3nc(/C=C/c4cccs4)nn3c2=O)ccc1OC(C)=O.COc1cc(/C=c2\sc3nc(/C=C/c4cccs4)nn3c2=O)ccc1OC(C)=O. The molecule has 0 aliphatic rings. The summed E-state index contributed by atoms with van der Waals surface area (Å²) in [6.07, 6.45) is 27.9. The van der Waals surface area contributed by atoms with Crippen LogP contribution in [-0.4, -0.2) is 164 Å². The van der Waals surface area contributed by atoms with E-state index < -0.39 is 29.8 Å². The van der Waals surface area contributed by atoms with Gasteiger partial charge in [-0.25, -0.2) is 0 Å². The van der Waals surface area contributed by atoms with Crippen LogP contribution in [-0.2, 0) is 28.8 Å². The first-order valence-electron chi connectivity index (χ1n) is 44.0. The molecule has 0 saturated carbocycles. The third kappa shape index (κ3) is 28.2. The van der Waals surface area contributed by atoms with E-state index in [9.17, 15) is 52.7 Å². The Balaban J connectivity index is 0.000000138. The van der Waals surface area contributed by atoms with Crippen molar-refractivity contribution in [2.24, 2.45) is 0 Å². The third-order valence-electron chi connectivity index (χ3n) is 19.6. The zero-order valence-corrected chi connectivity index (χ0v) is 89.0. The van der Waals surface area contributed by atoms with Gasteiger partial charge in [-0.1, -0.05) is 117 Å². The molecular formula is C103H82N16O21S10. The average Bonchev–Trinajstić information content (AvgIpc) is 1.65. The summed E-state index contributed by atoms with van der Waals surface area (Å²) in [5.74, 6) is 3.90. The fourth-order valence-corrected chi connectivity index (χ4v) is 20.8. The molecule has 0 atom stereocenters. The summed E-state index contributed by atoms with van der Waals surface area (Å²) in [6.45, 7) is 6.60. The second-order valence-corrected chi connectivity index (χ2v) is 40.7. The highest BCUT2D eigenvalue weighted by Gasteiger charge is 2.20. The number of fused-ring (bicyclic) bond motifs is 5. The maximum absolute atomic E-state index is 12.7. The Labute approximate surface area is 888 Å². The molecule has 0 N–H and O–H groups in total. The minimum Gasteiger partial charge on any atom is -0.493 e. The summed E-state index contributed by atoms with van der Waals surface area (Å²) in [4.78, 5) is 160. The van der Waals surface area contributed by atoms with Gasteiger partial charge < -0.3 is 52.3 Å². The first kappa shape index (κ1) is 107. The standard InChI is InChI=1S/5C20H15N3O4S2.C3H7NO/c5*1-12(24)27-15-7-5-13(10-16(15)26-2)11-17-19(25)23-20(29-17)21-18(22-23)8-6-14-4-3-9-28-14;1-4(2)3-5/h5*3-11H,1-2H3;3H,1-2H3/b5*8-6+,17-11-;. The lowest BCUT2D eigenvalue weighted by Crippen LogP contribution is -2.23. The number of hydrogen-bond acceptors (Lipinski definition) is 41. The number of aromatic nitrogens is 15. The molecule has 0 unspecified atom stereocenters. The molecule has 0 fully saturated rings. The predicted octanol–water partition coefficient (Wildman–Crippen LogP) is 14.0. The average molecular weight is 2200 g/mol. The summed E-state index contributed by atoms with van der Waals surface area (Å²) >= 11 is 14.3. The van der Waals surface area contributed by atoms with Gasteiger partial charge in [-0.05, 0) is 237 Å². The number of rotatable bonds is 26. The highest BCUT2D eigenvalue weighted by molar-refractivity contribution is 7.16. The van der Waals surface area contributed by atoms with E-state index >= 15 is 0 Å². The first-order valence-corrected chi connectivity index (χ1v) is 52.5. The number of benzene rings is 5. The lowest BCUT2D eigenvalue weighted by atomic mass is 10.2. The number of thiophene rings is 5. The molecule has 15 heterocycles. The van der Waals surface area contributed by atoms with Gasteiger partial charge in [-0.15, -0.1) is 82.2 Å². The molecule has 1 amide bonds. The Bertz CT molecular complexity index is 7930. The molecule has 0 aliphatic carbocycles. The fraction of sp³-hybridized carbons (Fsp3) is 0.117. The van der Waals surface area contributed by atoms with Crippen LogP contribution in [0.4, 0.5) is 0 Å². The van der Waals surface area contributed by atoms with E-state index in [1.165, 1.54) is 154 Å². The number of ether oxygens (including phenoxy) is 10. The van der Waals surface area contributed by atoms with Gasteiger partial charge in [0.2, 0.25) is 31.2 Å². The number of nitrogens with zero attached hydrogens (tertiary/aromatic N) is 16. The van der Waals surface area contributed by atoms with E-state index in [0.29, 0.717) is 134 Å². The number of thiazole rings is 5. The van der Waals surface area contributed by atoms with Crippen molar-refractivity contribution >= 4 is 266 Å². The Morgan fingerprint density at radius 1 is 0.267 bits per heavy atom. The largest absolute Gasteiger partial charge is 0.493 e. The first-order chi connectivity index (χ1) is 72.4. The summed E-state index contributed by atoms with van der Waals surface area (Å²) in [6, 6.07) is 45.1. The molecule has 37 nitrogen and oxygen atoms in total. The highest BCUT2D eigenvalue weighted by atomic mass is 32.1. The Hall–Kier alpha value is -17.0. The van der Waals surface area contributed by atoms with Crippen LogP contribution in [0.1, 0.15) is 116 Å². The minimum absolute atomic E-state index is 0.240. The number of carbonyl (C=O) groups is 6. The number of methoxy groups -OCH3 is 5. The van der Waals surface area contributed by atoms with Crippen molar-refractivity contribution in [1.82, 2.24) is 77.9 Å². The Morgan fingerprint density at radius 3 is 0.573 bits per heavy atom. The Morgan fingerprint density at radius 2 is 0.440 bits per heavy atom. The van der Waals surface area contributed by atoms with Crippen molar-refractivity contribution in [2.75, 3.05) is 49.6 Å². The molecule has 20 rings (SSSR count). The lowest BCUT2D eigenvalue weighted by Gasteiger charge is -2.08. The molecule has 0 spiro atoms. The van der Waals surface area contributed by atoms with Crippen LogP contribution >= 0.6 is 113 Å². The summed E-state index contributed by atoms with van der Waals surface area (Å²) < 4.78 is 60.8. The molecule has 15 aromatic heterocycles. The maximum atomic E-state index is 12.7. The smallest absolute Gasteiger partial charge is 0.308 e. The molecule has 0 saturated heterocycles. The minimum atomic E-state index is -0.434. The van der Waals surface area contributed by atoms with Crippen molar-refractivity contribution in [1.29, 1.82) is 0 Å². The van der Waals surface area contributed by atoms with Crippen LogP contribution in [0.3, 0.4) is 0 Å². The summed E-state index contributed by atoms with van der Waals surface area (Å²) in [7, 11) is 10.8. The molecule has 0 aliphatic heterocycles. The van der Waals surface area contributed by atoms with Gasteiger partial charge in [-0.3, -0.25) is 52.7 Å². The summed E-state index contributed by atoms with van der Waals surface area (Å²) in [5.41, 5.74) is 2.47. The zero-order valence-electron chi connectivity index (χ0n) is 80.9. The number of esters is 5. The molecule has 20 aromatic rings. The second kappa shape index (κ2) is 50.4. The van der Waals surface area contributed by atoms with E-state index in [1.807, 2.05) is 118 Å². The van der Waals surface area contributed by atoms with E-state index in [2.05, 4.69) is 50.4 Å². The molecule has 150 heavy (non-hydrogen) atoms. The van der Waals surface area contributed by atoms with Crippen LogP contribution in [0, 0.1) is 0 Å². The van der Waals surface area contributed by atoms with Crippen LogP contribution in [0.2, 0.25) is 0 Å². The van der Waals surface area contributed by atoms with Crippen LogP contribution in [0.15, 0.2) is 203 Å². The zero-order chi connectivity index (χ0) is 106. The molecular weight excluding hydrogens is 2120 g/mol. The molecule has 760 valence electrons. The van der Waals surface area contributed by atoms with Gasteiger partial charge in [0.1, 0.15) is 0 Å². The topological polar surface area (TPSA) is 434 Å². The van der Waals surface area contributed by atoms with Gasteiger partial charge in [0.05, 0.1) is 58.2 Å². The monoisotopic (exact) mass is 2200 g/mol. The molecule has 0 bridgehead atoms. The van der Waals surface area contributed by atoms with Crippen LogP contribution < -0.4 is 97.8 Å². The van der Waals surface area contributed by atoms with Gasteiger partial charge in [0, 0.05) is 73.1 Å². The van der Waals surface area contributed by atoms with Gasteiger partial charge >= 0.3 is 29.8 Å². The van der Waals surface area contributed by atoms with E-state index in [4.69, 9.17) is 47.4 Å². The molecule has 0 radical (unpaired) electrons. The fourth-order valence-electron chi connectivity index (χ4n) is 13.1. The van der Waals surface area contributed by atoms with Gasteiger partial charge in [0.15, 0.2) is 86.6 Å². The lowest BCUT2D eigenvalue weighted by molar-refractivity contribution is -0.132. The van der Waals surface area contributed by atoms with Crippen LogP contribution in [0.25, 0.3) is 116 Å². The van der Waals surface area contributed by atoms with Crippen molar-refractivity contribution in [3.05, 3.63) is 334 Å². The normalized spacial score (nSPS) is 12.0. The maximum Gasteiger partial charge on any atom is 0.308 e. The predicted molar refractivity (Wildman–Crippen MR) is 587 cm³/mol. The van der Waals surface area contributed by atoms with E-state index in [1.54, 1.807) is 223 Å². The van der Waals surface area contributed by atoms with Gasteiger partial charge in [-0.2, -0.15) is 47.5 Å². The van der Waals surface area contributed by atoms with E-state index in [-0.39, 0.29) is 27.8 Å². The van der Waals surface area contributed by atoms with Gasteiger partial charge in [0.25, 0.3) is 27.8 Å². The second-order valence-electron chi connectivity index (χ2n) is 30.7. The third-order valence-corrected chi connectivity index (χ3v) is 28.6. The van der Waals surface area contributed by atoms with Crippen molar-refractivity contribution < 1.29 is 76.1 Å². The molecule has 47 heteroatoms. The number of hydrogen-bond donors (Lipinski definition) is 0. The molecule has 5 aromatic carbocycles. The van der Waals surface area contributed by atoms with Crippen molar-refractivity contribution in [3.63, 3.8) is 0 Å². The van der Waals surface area contributed by atoms with Crippen LogP contribution in [0.5, 0.6) is 57.5 Å². The quantitative estimate of drug-likeness (QED) is 0.0276. The van der Waals surface area contributed by atoms with E-state index in [0.717, 1.165) is 58.6 Å². The number of carbonyl (C=O) groups excluding carboxylic acids is 6. The summed E-state index contributed by atoms with van der Waals surface area (Å²) in [5, 5.41) is 31.3. The van der Waals surface area contributed by atoms with Crippen molar-refractivity contribution in [3.8, 4) is 57.5 Å².